The molecule has 1 atom stereocenters. The molecule has 1 N–H and O–H groups in total. The van der Waals surface area contributed by atoms with Crippen LogP contribution in [0.3, 0.4) is 0 Å². The van der Waals surface area contributed by atoms with Crippen LogP contribution >= 0.6 is 15.9 Å². The van der Waals surface area contributed by atoms with E-state index in [0.29, 0.717) is 18.5 Å². The number of alkyl halides is 1. The maximum atomic E-state index is 12.5. The van der Waals surface area contributed by atoms with Crippen LogP contribution in [0.25, 0.3) is 0 Å². The normalized spacial score (nSPS) is 24.3. The SMILES string of the molecule is CC(C)(Br)[C@@]1(O)CCCN1C(=O)c1ccccc1. The Balaban J connectivity index is 2.31. The van der Waals surface area contributed by atoms with Crippen LogP contribution in [0.1, 0.15) is 37.0 Å². The topological polar surface area (TPSA) is 40.5 Å². The largest absolute Gasteiger partial charge is 0.369 e. The highest BCUT2D eigenvalue weighted by molar-refractivity contribution is 9.10. The second kappa shape index (κ2) is 4.67. The van der Waals surface area contributed by atoms with Crippen molar-refractivity contribution in [2.75, 3.05) is 6.54 Å². The molecule has 1 saturated heterocycles. The molecular weight excluding hydrogens is 294 g/mol. The highest BCUT2D eigenvalue weighted by Crippen LogP contribution is 2.41. The maximum Gasteiger partial charge on any atom is 0.256 e. The van der Waals surface area contributed by atoms with Gasteiger partial charge in [0, 0.05) is 12.1 Å². The number of aliphatic hydroxyl groups is 1. The van der Waals surface area contributed by atoms with E-state index in [1.54, 1.807) is 17.0 Å². The second-order valence-corrected chi connectivity index (χ2v) is 7.20. The number of hydrogen-bond acceptors (Lipinski definition) is 2. The number of carbonyl (C=O) groups is 1. The van der Waals surface area contributed by atoms with Crippen LogP contribution in [-0.2, 0) is 0 Å². The number of carbonyl (C=O) groups excluding carboxylic acids is 1. The molecular formula is C14H18BrNO2. The molecule has 1 aromatic rings. The molecule has 3 nitrogen and oxygen atoms in total. The van der Waals surface area contributed by atoms with Gasteiger partial charge in [-0.3, -0.25) is 4.79 Å². The Morgan fingerprint density at radius 2 is 2.00 bits per heavy atom. The smallest absolute Gasteiger partial charge is 0.256 e. The molecule has 0 aromatic heterocycles. The number of rotatable bonds is 2. The Morgan fingerprint density at radius 3 is 2.56 bits per heavy atom. The van der Waals surface area contributed by atoms with E-state index in [-0.39, 0.29) is 5.91 Å². The van der Waals surface area contributed by atoms with Crippen molar-refractivity contribution < 1.29 is 9.90 Å². The van der Waals surface area contributed by atoms with Gasteiger partial charge in [-0.15, -0.1) is 0 Å². The van der Waals surface area contributed by atoms with E-state index >= 15 is 0 Å². The highest BCUT2D eigenvalue weighted by Gasteiger charge is 2.51. The summed E-state index contributed by atoms with van der Waals surface area (Å²) in [5.74, 6) is -0.108. The van der Waals surface area contributed by atoms with Crippen molar-refractivity contribution >= 4 is 21.8 Å². The lowest BCUT2D eigenvalue weighted by Gasteiger charge is -2.42. The fourth-order valence-electron chi connectivity index (χ4n) is 2.43. The van der Waals surface area contributed by atoms with E-state index in [9.17, 15) is 9.90 Å². The van der Waals surface area contributed by atoms with Crippen LogP contribution in [0.4, 0.5) is 0 Å². The van der Waals surface area contributed by atoms with Gasteiger partial charge in [0.05, 0.1) is 4.32 Å². The zero-order valence-electron chi connectivity index (χ0n) is 10.7. The Morgan fingerprint density at radius 1 is 1.39 bits per heavy atom. The molecule has 4 heteroatoms. The molecule has 18 heavy (non-hydrogen) atoms. The van der Waals surface area contributed by atoms with Crippen molar-refractivity contribution in [3.63, 3.8) is 0 Å². The van der Waals surface area contributed by atoms with E-state index in [4.69, 9.17) is 0 Å². The van der Waals surface area contributed by atoms with E-state index in [1.807, 2.05) is 32.0 Å². The van der Waals surface area contributed by atoms with Gasteiger partial charge in [0.2, 0.25) is 0 Å². The summed E-state index contributed by atoms with van der Waals surface area (Å²) in [6, 6.07) is 9.11. The third-order valence-corrected chi connectivity index (χ3v) is 4.21. The molecule has 1 amide bonds. The van der Waals surface area contributed by atoms with Gasteiger partial charge in [-0.2, -0.15) is 0 Å². The number of benzene rings is 1. The van der Waals surface area contributed by atoms with Crippen molar-refractivity contribution in [2.45, 2.75) is 36.7 Å². The lowest BCUT2D eigenvalue weighted by atomic mass is 9.96. The maximum absolute atomic E-state index is 12.5. The van der Waals surface area contributed by atoms with Crippen LogP contribution in [0, 0.1) is 0 Å². The average molecular weight is 312 g/mol. The zero-order chi connectivity index (χ0) is 13.4. The predicted molar refractivity (Wildman–Crippen MR) is 74.7 cm³/mol. The van der Waals surface area contributed by atoms with E-state index in [0.717, 1.165) is 6.42 Å². The van der Waals surface area contributed by atoms with Crippen molar-refractivity contribution in [2.24, 2.45) is 0 Å². The first-order valence-electron chi connectivity index (χ1n) is 6.14. The number of nitrogens with zero attached hydrogens (tertiary/aromatic N) is 1. The van der Waals surface area contributed by atoms with Gasteiger partial charge in [-0.1, -0.05) is 34.1 Å². The Bertz CT molecular complexity index is 441. The third-order valence-electron chi connectivity index (χ3n) is 3.57. The Kier molecular flexibility index (Phi) is 3.52. The van der Waals surface area contributed by atoms with Gasteiger partial charge >= 0.3 is 0 Å². The summed E-state index contributed by atoms with van der Waals surface area (Å²) in [5, 5.41) is 10.8. The summed E-state index contributed by atoms with van der Waals surface area (Å²) in [7, 11) is 0. The lowest BCUT2D eigenvalue weighted by Crippen LogP contribution is -2.57. The van der Waals surface area contributed by atoms with E-state index in [2.05, 4.69) is 15.9 Å². The van der Waals surface area contributed by atoms with Crippen molar-refractivity contribution in [1.29, 1.82) is 0 Å². The summed E-state index contributed by atoms with van der Waals surface area (Å²) < 4.78 is -0.527. The molecule has 0 radical (unpaired) electrons. The summed E-state index contributed by atoms with van der Waals surface area (Å²) >= 11 is 3.50. The minimum atomic E-state index is -1.13. The molecule has 1 aliphatic rings. The monoisotopic (exact) mass is 311 g/mol. The Labute approximate surface area is 116 Å². The van der Waals surface area contributed by atoms with Gasteiger partial charge in [-0.25, -0.2) is 0 Å². The predicted octanol–water partition coefficient (Wildman–Crippen LogP) is 2.78. The Hall–Kier alpha value is -0.870. The van der Waals surface area contributed by atoms with Crippen LogP contribution < -0.4 is 0 Å². The molecule has 0 saturated carbocycles. The number of likely N-dealkylation sites (tertiary alicyclic amines) is 1. The molecule has 98 valence electrons. The first kappa shape index (κ1) is 13.6. The van der Waals surface area contributed by atoms with E-state index in [1.165, 1.54) is 0 Å². The van der Waals surface area contributed by atoms with Crippen molar-refractivity contribution in [1.82, 2.24) is 4.90 Å². The molecule has 0 spiro atoms. The molecule has 2 rings (SSSR count). The minimum Gasteiger partial charge on any atom is -0.369 e. The van der Waals surface area contributed by atoms with Crippen molar-refractivity contribution in [3.05, 3.63) is 35.9 Å². The summed E-state index contributed by atoms with van der Waals surface area (Å²) in [5.41, 5.74) is -0.505. The quantitative estimate of drug-likeness (QED) is 0.853. The van der Waals surface area contributed by atoms with Gasteiger partial charge in [0.1, 0.15) is 0 Å². The third kappa shape index (κ3) is 2.19. The first-order valence-corrected chi connectivity index (χ1v) is 6.94. The van der Waals surface area contributed by atoms with Crippen LogP contribution in [-0.4, -0.2) is 32.5 Å². The first-order chi connectivity index (χ1) is 8.36. The van der Waals surface area contributed by atoms with Gasteiger partial charge in [0.25, 0.3) is 5.91 Å². The summed E-state index contributed by atoms with van der Waals surface area (Å²) in [6.45, 7) is 4.38. The molecule has 1 aromatic carbocycles. The lowest BCUT2D eigenvalue weighted by molar-refractivity contribution is -0.0815. The van der Waals surface area contributed by atoms with E-state index < -0.39 is 10.0 Å². The fourth-order valence-corrected chi connectivity index (χ4v) is 2.84. The number of halogens is 1. The summed E-state index contributed by atoms with van der Waals surface area (Å²) in [4.78, 5) is 14.0. The zero-order valence-corrected chi connectivity index (χ0v) is 12.3. The molecule has 1 aliphatic heterocycles. The van der Waals surface area contributed by atoms with Crippen LogP contribution in [0.2, 0.25) is 0 Å². The van der Waals surface area contributed by atoms with Crippen LogP contribution in [0.5, 0.6) is 0 Å². The standard InChI is InChI=1S/C14H18BrNO2/c1-13(2,15)14(18)9-6-10-16(14)12(17)11-7-4-3-5-8-11/h3-5,7-8,18H,6,9-10H2,1-2H3/t14-/m0/s1. The van der Waals surface area contributed by atoms with Crippen LogP contribution in [0.15, 0.2) is 30.3 Å². The molecule has 1 fully saturated rings. The fraction of sp³-hybridized carbons (Fsp3) is 0.500. The molecule has 0 aliphatic carbocycles. The average Bonchev–Trinajstić information content (AvgIpc) is 2.72. The van der Waals surface area contributed by atoms with Gasteiger partial charge in [0.15, 0.2) is 5.72 Å². The van der Waals surface area contributed by atoms with Gasteiger partial charge in [-0.05, 0) is 38.8 Å². The summed E-state index contributed by atoms with van der Waals surface area (Å²) in [6.07, 6.45) is 1.42. The molecule has 0 bridgehead atoms. The molecule has 0 unspecified atom stereocenters. The number of hydrogen-bond donors (Lipinski definition) is 1. The second-order valence-electron chi connectivity index (χ2n) is 5.22. The minimum absolute atomic E-state index is 0.108. The molecule has 1 heterocycles. The highest BCUT2D eigenvalue weighted by atomic mass is 79.9. The van der Waals surface area contributed by atoms with Crippen molar-refractivity contribution in [3.8, 4) is 0 Å². The van der Waals surface area contributed by atoms with Gasteiger partial charge < -0.3 is 10.0 Å². The number of amides is 1.